The maximum Gasteiger partial charge on any atom is 0.258 e. The predicted octanol–water partition coefficient (Wildman–Crippen LogP) is 12.3. The molecule has 21 heteroatoms. The number of carbonyl (C=O) groups excluding carboxylic acids is 6. The Kier molecular flexibility index (Phi) is 17.2. The van der Waals surface area contributed by atoms with Crippen LogP contribution in [0.15, 0.2) is 111 Å². The largest absolute Gasteiger partial charge is 0.324 e. The van der Waals surface area contributed by atoms with E-state index in [0.29, 0.717) is 5.56 Å². The maximum atomic E-state index is 13.4. The Bertz CT molecular complexity index is 2700. The number of nitrogens with one attached hydrogen (secondary N) is 4. The number of azo groups is 2. The smallest absolute Gasteiger partial charge is 0.258 e. The van der Waals surface area contributed by atoms with Crippen molar-refractivity contribution in [2.75, 3.05) is 27.1 Å². The first-order valence-corrected chi connectivity index (χ1v) is 21.0. The summed E-state index contributed by atoms with van der Waals surface area (Å²) in [5.74, 6) is -4.13. The molecule has 0 saturated carbocycles. The fourth-order valence-electron chi connectivity index (χ4n) is 5.48. The summed E-state index contributed by atoms with van der Waals surface area (Å²) in [7, 11) is 0. The predicted molar refractivity (Wildman–Crippen MR) is 248 cm³/mol. The normalized spacial score (nSPS) is 12.1. The van der Waals surface area contributed by atoms with Crippen LogP contribution in [-0.2, 0) is 25.6 Å². The summed E-state index contributed by atoms with van der Waals surface area (Å²) in [6.07, 6.45) is 0.203. The Morgan fingerprint density at radius 2 is 0.984 bits per heavy atom. The topological polar surface area (TPSA) is 200 Å². The molecule has 324 valence electrons. The highest BCUT2D eigenvalue weighted by atomic mass is 35.5. The van der Waals surface area contributed by atoms with Crippen LogP contribution in [0.5, 0.6) is 0 Å². The number of Topliss-reactive ketones (excluding diaryl/α,β-unsaturated/α-hetero) is 2. The number of halogens is 7. The number of anilines is 4. The van der Waals surface area contributed by atoms with Gasteiger partial charge in [0.2, 0.25) is 12.1 Å². The quantitative estimate of drug-likeness (QED) is 0.0430. The minimum absolute atomic E-state index is 0.00223. The first-order chi connectivity index (χ1) is 30.0. The molecule has 4 amide bonds. The van der Waals surface area contributed by atoms with Crippen molar-refractivity contribution < 1.29 is 28.8 Å². The van der Waals surface area contributed by atoms with Crippen LogP contribution < -0.4 is 21.3 Å². The molecule has 0 bridgehead atoms. The van der Waals surface area contributed by atoms with Gasteiger partial charge in [-0.15, -0.1) is 11.6 Å². The van der Waals surface area contributed by atoms with E-state index in [4.69, 9.17) is 81.2 Å². The molecule has 0 heterocycles. The first-order valence-electron chi connectivity index (χ1n) is 18.2. The van der Waals surface area contributed by atoms with E-state index in [-0.39, 0.29) is 87.7 Å². The van der Waals surface area contributed by atoms with E-state index in [1.807, 2.05) is 0 Å². The number of carbonyl (C=O) groups is 6. The maximum absolute atomic E-state index is 13.4. The van der Waals surface area contributed by atoms with Crippen molar-refractivity contribution in [2.45, 2.75) is 32.4 Å². The minimum atomic E-state index is -1.61. The zero-order valence-corrected chi connectivity index (χ0v) is 37.9. The second-order valence-corrected chi connectivity index (χ2v) is 15.9. The van der Waals surface area contributed by atoms with Gasteiger partial charge in [-0.05, 0) is 105 Å². The summed E-state index contributed by atoms with van der Waals surface area (Å²) in [6, 6.07) is 18.9. The van der Waals surface area contributed by atoms with Crippen molar-refractivity contribution >= 4 is 151 Å². The lowest BCUT2D eigenvalue weighted by Gasteiger charge is -2.15. The van der Waals surface area contributed by atoms with E-state index in [2.05, 4.69) is 41.7 Å². The minimum Gasteiger partial charge on any atom is -0.324 e. The molecule has 5 rings (SSSR count). The molecule has 4 N–H and O–H groups in total. The van der Waals surface area contributed by atoms with Gasteiger partial charge in [0.1, 0.15) is 0 Å². The van der Waals surface area contributed by atoms with Gasteiger partial charge in [0.15, 0.2) is 11.6 Å². The van der Waals surface area contributed by atoms with Gasteiger partial charge in [-0.2, -0.15) is 20.5 Å². The van der Waals surface area contributed by atoms with Gasteiger partial charge in [0, 0.05) is 17.3 Å². The highest BCUT2D eigenvalue weighted by Gasteiger charge is 2.26. The lowest BCUT2D eigenvalue weighted by Crippen LogP contribution is -2.32. The SMILES string of the molecule is CC(=O)C(N=Nc1ccc(Cl)c(C(=O)Nc2cccc(Cl)c2Cl)c1)C(=O)Nc1ccc(NC(=O)C(N=Nc2ccc(Cl)c(C(=O)Nc3cccc(Cl)c3Cl)c2)C(C)=O)c(CCCl)c1. The molecular formula is C42H31Cl7N8O6. The molecule has 0 aliphatic heterocycles. The third kappa shape index (κ3) is 12.8. The van der Waals surface area contributed by atoms with E-state index in [1.165, 1.54) is 54.6 Å². The molecular weight excluding hydrogens is 961 g/mol. The number of hydrogen-bond acceptors (Lipinski definition) is 10. The van der Waals surface area contributed by atoms with Gasteiger partial charge in [-0.25, -0.2) is 0 Å². The third-order valence-corrected chi connectivity index (χ3v) is 11.1. The Labute approximate surface area is 394 Å². The summed E-state index contributed by atoms with van der Waals surface area (Å²) in [5, 5.41) is 27.3. The fourth-order valence-corrected chi connectivity index (χ4v) is 6.78. The van der Waals surface area contributed by atoms with Crippen molar-refractivity contribution in [1.82, 2.24) is 0 Å². The van der Waals surface area contributed by atoms with Crippen LogP contribution in [0.25, 0.3) is 0 Å². The number of nitrogens with zero attached hydrogens (tertiary/aromatic N) is 4. The highest BCUT2D eigenvalue weighted by Crippen LogP contribution is 2.33. The third-order valence-electron chi connectivity index (χ3n) is 8.63. The molecule has 0 fully saturated rings. The first kappa shape index (κ1) is 48.6. The Balaban J connectivity index is 1.28. The molecule has 14 nitrogen and oxygen atoms in total. The molecule has 5 aromatic rings. The molecule has 0 saturated heterocycles. The molecule has 2 atom stereocenters. The number of alkyl halides is 1. The van der Waals surface area contributed by atoms with Crippen LogP contribution in [0.4, 0.5) is 34.1 Å². The fraction of sp³-hybridized carbons (Fsp3) is 0.143. The number of rotatable bonds is 16. The van der Waals surface area contributed by atoms with E-state index < -0.39 is 47.3 Å². The van der Waals surface area contributed by atoms with Crippen molar-refractivity contribution in [3.8, 4) is 0 Å². The molecule has 0 aliphatic carbocycles. The zero-order chi connectivity index (χ0) is 46.0. The van der Waals surface area contributed by atoms with Crippen LogP contribution in [0.1, 0.15) is 40.1 Å². The standard InChI is InChI=1S/C42H31Cl7N8O6/c1-20(58)37(56-54-24-9-12-28(44)26(18-24)39(60)52-33-7-3-5-30(46)35(33)48)41(62)50-23-11-14-32(22(17-23)15-16-43)51-42(63)38(21(2)59)57-55-25-10-13-29(45)27(19-25)40(61)53-34-8-4-6-31(47)36(34)49/h3-14,17-19,37-38H,15-16H2,1-2H3,(H,50,62)(H,51,63)(H,52,60)(H,53,61). The van der Waals surface area contributed by atoms with Crippen molar-refractivity contribution in [3.05, 3.63) is 138 Å². The Morgan fingerprint density at radius 1 is 0.524 bits per heavy atom. The van der Waals surface area contributed by atoms with Gasteiger partial charge in [-0.3, -0.25) is 28.8 Å². The second-order valence-electron chi connectivity index (χ2n) is 13.2. The summed E-state index contributed by atoms with van der Waals surface area (Å²) in [5.41, 5.74) is 1.62. The van der Waals surface area contributed by atoms with E-state index in [9.17, 15) is 28.8 Å². The Hall–Kier alpha value is -5.45. The number of hydrogen-bond donors (Lipinski definition) is 4. The van der Waals surface area contributed by atoms with E-state index >= 15 is 0 Å². The van der Waals surface area contributed by atoms with Gasteiger partial charge < -0.3 is 21.3 Å². The van der Waals surface area contributed by atoms with Crippen LogP contribution in [0.2, 0.25) is 30.1 Å². The van der Waals surface area contributed by atoms with Gasteiger partial charge in [0.05, 0.1) is 64.0 Å². The van der Waals surface area contributed by atoms with Gasteiger partial charge >= 0.3 is 0 Å². The van der Waals surface area contributed by atoms with Crippen LogP contribution in [-0.4, -0.2) is 53.2 Å². The van der Waals surface area contributed by atoms with E-state index in [1.54, 1.807) is 36.4 Å². The number of ketones is 2. The lowest BCUT2D eigenvalue weighted by molar-refractivity contribution is -0.127. The summed E-state index contributed by atoms with van der Waals surface area (Å²) < 4.78 is 0. The van der Waals surface area contributed by atoms with Crippen LogP contribution in [0.3, 0.4) is 0 Å². The highest BCUT2D eigenvalue weighted by molar-refractivity contribution is 6.45. The molecule has 63 heavy (non-hydrogen) atoms. The summed E-state index contributed by atoms with van der Waals surface area (Å²) in [4.78, 5) is 78.1. The average Bonchev–Trinajstić information content (AvgIpc) is 3.23. The molecule has 0 aromatic heterocycles. The van der Waals surface area contributed by atoms with Crippen molar-refractivity contribution in [3.63, 3.8) is 0 Å². The van der Waals surface area contributed by atoms with Crippen LogP contribution in [0, 0.1) is 0 Å². The molecule has 0 spiro atoms. The molecule has 5 aromatic carbocycles. The number of amides is 4. The number of benzene rings is 5. The van der Waals surface area contributed by atoms with Gasteiger partial charge in [-0.1, -0.05) is 81.7 Å². The zero-order valence-electron chi connectivity index (χ0n) is 32.6. The van der Waals surface area contributed by atoms with Crippen molar-refractivity contribution in [1.29, 1.82) is 0 Å². The van der Waals surface area contributed by atoms with Crippen LogP contribution >= 0.6 is 81.2 Å². The average molecular weight is 992 g/mol. The summed E-state index contributed by atoms with van der Waals surface area (Å²) >= 11 is 43.1. The monoisotopic (exact) mass is 988 g/mol. The second kappa shape index (κ2) is 22.3. The number of aryl methyl sites for hydroxylation is 1. The summed E-state index contributed by atoms with van der Waals surface area (Å²) in [6.45, 7) is 2.31. The van der Waals surface area contributed by atoms with Gasteiger partial charge in [0.25, 0.3) is 23.6 Å². The molecule has 2 unspecified atom stereocenters. The molecule has 0 radical (unpaired) electrons. The van der Waals surface area contributed by atoms with Crippen molar-refractivity contribution in [2.24, 2.45) is 20.5 Å². The lowest BCUT2D eigenvalue weighted by atomic mass is 10.1. The Morgan fingerprint density at radius 3 is 1.43 bits per heavy atom. The van der Waals surface area contributed by atoms with E-state index in [0.717, 1.165) is 13.8 Å². The molecule has 0 aliphatic rings.